The highest BCUT2D eigenvalue weighted by molar-refractivity contribution is 6.46. The number of ketones is 1. The molecule has 0 bridgehead atoms. The number of hydrogen-bond donors (Lipinski definition) is 1. The SMILES string of the molecule is CCCCN1C(=O)C(=O)C(=C(O)c2ccc([N+](=O)[O-])cc2)[C@H]1c1ccccc1. The average Bonchev–Trinajstić information content (AvgIpc) is 2.97. The van der Waals surface area contributed by atoms with E-state index in [1.165, 1.54) is 29.2 Å². The second-order valence-electron chi connectivity index (χ2n) is 6.56. The third-order valence-corrected chi connectivity index (χ3v) is 4.76. The minimum absolute atomic E-state index is 0.00107. The predicted octanol–water partition coefficient (Wildman–Crippen LogP) is 3.82. The van der Waals surface area contributed by atoms with Gasteiger partial charge < -0.3 is 10.0 Å². The van der Waals surface area contributed by atoms with Crippen LogP contribution in [0.15, 0.2) is 60.2 Å². The third-order valence-electron chi connectivity index (χ3n) is 4.76. The van der Waals surface area contributed by atoms with Gasteiger partial charge in [-0.2, -0.15) is 0 Å². The van der Waals surface area contributed by atoms with E-state index in [9.17, 15) is 24.8 Å². The zero-order valence-electron chi connectivity index (χ0n) is 15.4. The summed E-state index contributed by atoms with van der Waals surface area (Å²) in [6.45, 7) is 2.39. The number of Topliss-reactive ketones (excluding diaryl/α,β-unsaturated/α-hetero) is 1. The average molecular weight is 380 g/mol. The van der Waals surface area contributed by atoms with E-state index in [4.69, 9.17) is 0 Å². The number of aliphatic hydroxyl groups excluding tert-OH is 1. The number of aliphatic hydroxyl groups is 1. The van der Waals surface area contributed by atoms with Crippen molar-refractivity contribution in [1.82, 2.24) is 4.90 Å². The number of nitro benzene ring substituents is 1. The van der Waals surface area contributed by atoms with Crippen molar-refractivity contribution in [2.45, 2.75) is 25.8 Å². The minimum Gasteiger partial charge on any atom is -0.507 e. The number of rotatable bonds is 6. The number of benzene rings is 2. The van der Waals surface area contributed by atoms with E-state index < -0.39 is 22.7 Å². The lowest BCUT2D eigenvalue weighted by atomic mass is 9.95. The van der Waals surface area contributed by atoms with E-state index in [-0.39, 0.29) is 22.6 Å². The molecule has 1 amide bonds. The molecule has 1 heterocycles. The number of likely N-dealkylation sites (tertiary alicyclic amines) is 1. The van der Waals surface area contributed by atoms with Gasteiger partial charge in [-0.15, -0.1) is 0 Å². The largest absolute Gasteiger partial charge is 0.507 e. The molecule has 1 fully saturated rings. The number of carbonyl (C=O) groups excluding carboxylic acids is 2. The van der Waals surface area contributed by atoms with Crippen molar-refractivity contribution in [2.75, 3.05) is 6.54 Å². The summed E-state index contributed by atoms with van der Waals surface area (Å²) in [5.74, 6) is -1.73. The standard InChI is InChI=1S/C21H20N2O5/c1-2-3-13-22-18(14-7-5-4-6-8-14)17(20(25)21(22)26)19(24)15-9-11-16(12-10-15)23(27)28/h4-12,18,24H,2-3,13H2,1H3/t18-/m1/s1. The molecule has 0 radical (unpaired) electrons. The maximum absolute atomic E-state index is 12.7. The van der Waals surface area contributed by atoms with Crippen molar-refractivity contribution < 1.29 is 19.6 Å². The summed E-state index contributed by atoms with van der Waals surface area (Å²) < 4.78 is 0. The molecule has 0 unspecified atom stereocenters. The molecule has 7 nitrogen and oxygen atoms in total. The molecule has 7 heteroatoms. The number of amides is 1. The number of unbranched alkanes of at least 4 members (excludes halogenated alkanes) is 1. The van der Waals surface area contributed by atoms with Gasteiger partial charge >= 0.3 is 0 Å². The number of nitrogens with zero attached hydrogens (tertiary/aromatic N) is 2. The number of carbonyl (C=O) groups is 2. The molecule has 1 aliphatic heterocycles. The van der Waals surface area contributed by atoms with E-state index in [0.29, 0.717) is 6.54 Å². The molecule has 1 atom stereocenters. The fourth-order valence-corrected chi connectivity index (χ4v) is 3.32. The summed E-state index contributed by atoms with van der Waals surface area (Å²) in [6, 6.07) is 13.6. The van der Waals surface area contributed by atoms with Crippen LogP contribution in [-0.2, 0) is 9.59 Å². The van der Waals surface area contributed by atoms with Crippen molar-refractivity contribution in [3.05, 3.63) is 81.4 Å². The van der Waals surface area contributed by atoms with Gasteiger partial charge in [0.25, 0.3) is 17.4 Å². The highest BCUT2D eigenvalue weighted by atomic mass is 16.6. The molecule has 1 saturated heterocycles. The van der Waals surface area contributed by atoms with Crippen LogP contribution in [0.4, 0.5) is 5.69 Å². The number of hydrogen-bond acceptors (Lipinski definition) is 5. The third kappa shape index (κ3) is 3.51. The van der Waals surface area contributed by atoms with Gasteiger partial charge in [0.1, 0.15) is 5.76 Å². The molecule has 0 spiro atoms. The van der Waals surface area contributed by atoms with Crippen LogP contribution in [0.3, 0.4) is 0 Å². The molecule has 2 aromatic rings. The van der Waals surface area contributed by atoms with E-state index in [0.717, 1.165) is 18.4 Å². The first-order chi connectivity index (χ1) is 13.5. The molecule has 28 heavy (non-hydrogen) atoms. The van der Waals surface area contributed by atoms with Crippen molar-refractivity contribution in [3.8, 4) is 0 Å². The Morgan fingerprint density at radius 3 is 2.32 bits per heavy atom. The smallest absolute Gasteiger partial charge is 0.295 e. The summed E-state index contributed by atoms with van der Waals surface area (Å²) in [4.78, 5) is 37.1. The molecule has 3 rings (SSSR count). The van der Waals surface area contributed by atoms with Crippen LogP contribution in [0, 0.1) is 10.1 Å². The lowest BCUT2D eigenvalue weighted by molar-refractivity contribution is -0.384. The van der Waals surface area contributed by atoms with E-state index in [1.54, 1.807) is 24.3 Å². The summed E-state index contributed by atoms with van der Waals surface area (Å²) >= 11 is 0. The maximum atomic E-state index is 12.7. The second kappa shape index (κ2) is 8.04. The molecule has 0 aromatic heterocycles. The van der Waals surface area contributed by atoms with Crippen molar-refractivity contribution in [1.29, 1.82) is 0 Å². The first-order valence-electron chi connectivity index (χ1n) is 9.04. The molecule has 0 aliphatic carbocycles. The van der Waals surface area contributed by atoms with Crippen LogP contribution in [0.5, 0.6) is 0 Å². The Morgan fingerprint density at radius 2 is 1.75 bits per heavy atom. The van der Waals surface area contributed by atoms with Crippen LogP contribution >= 0.6 is 0 Å². The van der Waals surface area contributed by atoms with Gasteiger partial charge in [-0.3, -0.25) is 19.7 Å². The van der Waals surface area contributed by atoms with Crippen LogP contribution in [0.2, 0.25) is 0 Å². The lowest BCUT2D eigenvalue weighted by Gasteiger charge is -2.25. The summed E-state index contributed by atoms with van der Waals surface area (Å²) in [6.07, 6.45) is 1.58. The molecule has 1 N–H and O–H groups in total. The number of non-ortho nitro benzene ring substituents is 1. The second-order valence-corrected chi connectivity index (χ2v) is 6.56. The van der Waals surface area contributed by atoms with E-state index in [2.05, 4.69) is 0 Å². The van der Waals surface area contributed by atoms with Crippen molar-refractivity contribution in [3.63, 3.8) is 0 Å². The molecule has 144 valence electrons. The quantitative estimate of drug-likeness (QED) is 0.270. The normalized spacial score (nSPS) is 18.5. The van der Waals surface area contributed by atoms with Gasteiger partial charge in [-0.05, 0) is 24.1 Å². The van der Waals surface area contributed by atoms with Gasteiger partial charge in [0.15, 0.2) is 0 Å². The van der Waals surface area contributed by atoms with Crippen molar-refractivity contribution in [2.24, 2.45) is 0 Å². The molecule has 0 saturated carbocycles. The summed E-state index contributed by atoms with van der Waals surface area (Å²) in [5, 5.41) is 21.7. The van der Waals surface area contributed by atoms with Gasteiger partial charge in [-0.25, -0.2) is 0 Å². The fourth-order valence-electron chi connectivity index (χ4n) is 3.32. The molecular weight excluding hydrogens is 360 g/mol. The van der Waals surface area contributed by atoms with Gasteiger partial charge in [-0.1, -0.05) is 43.7 Å². The Balaban J connectivity index is 2.11. The monoisotopic (exact) mass is 380 g/mol. The summed E-state index contributed by atoms with van der Waals surface area (Å²) in [7, 11) is 0. The first-order valence-corrected chi connectivity index (χ1v) is 9.04. The molecule has 1 aliphatic rings. The van der Waals surface area contributed by atoms with Gasteiger partial charge in [0.2, 0.25) is 0 Å². The maximum Gasteiger partial charge on any atom is 0.295 e. The Hall–Kier alpha value is -3.48. The Morgan fingerprint density at radius 1 is 1.11 bits per heavy atom. The van der Waals surface area contributed by atoms with Gasteiger partial charge in [0, 0.05) is 24.2 Å². The first kappa shape index (κ1) is 19.3. The van der Waals surface area contributed by atoms with Crippen LogP contribution in [-0.4, -0.2) is 33.2 Å². The zero-order chi connectivity index (χ0) is 20.3. The Labute approximate surface area is 162 Å². The predicted molar refractivity (Wildman–Crippen MR) is 103 cm³/mol. The lowest BCUT2D eigenvalue weighted by Crippen LogP contribution is -2.30. The molecular formula is C21H20N2O5. The van der Waals surface area contributed by atoms with E-state index >= 15 is 0 Å². The van der Waals surface area contributed by atoms with Gasteiger partial charge in [0.05, 0.1) is 16.5 Å². The highest BCUT2D eigenvalue weighted by Crippen LogP contribution is 2.39. The molecule has 2 aromatic carbocycles. The van der Waals surface area contributed by atoms with Crippen molar-refractivity contribution >= 4 is 23.1 Å². The fraction of sp³-hybridized carbons (Fsp3) is 0.238. The van der Waals surface area contributed by atoms with Crippen LogP contribution in [0.1, 0.15) is 36.9 Å². The van der Waals surface area contributed by atoms with Crippen LogP contribution < -0.4 is 0 Å². The summed E-state index contributed by atoms with van der Waals surface area (Å²) in [5.41, 5.74) is 0.849. The van der Waals surface area contributed by atoms with E-state index in [1.807, 2.05) is 13.0 Å². The zero-order valence-corrected chi connectivity index (χ0v) is 15.4. The number of nitro groups is 1. The highest BCUT2D eigenvalue weighted by Gasteiger charge is 2.45. The van der Waals surface area contributed by atoms with Crippen LogP contribution in [0.25, 0.3) is 5.76 Å². The Kier molecular flexibility index (Phi) is 5.54. The minimum atomic E-state index is -0.749. The Bertz CT molecular complexity index is 935. The topological polar surface area (TPSA) is 101 Å².